The van der Waals surface area contributed by atoms with E-state index in [2.05, 4.69) is 0 Å². The number of carbonyl (C=O) groups excluding carboxylic acids is 1. The Morgan fingerprint density at radius 1 is 1.19 bits per heavy atom. The van der Waals surface area contributed by atoms with Crippen molar-refractivity contribution in [1.82, 2.24) is 0 Å². The Kier molecular flexibility index (Phi) is 6.16. The topological polar surface area (TPSA) is 155 Å². The van der Waals surface area contributed by atoms with Gasteiger partial charge in [-0.3, -0.25) is 0 Å². The summed E-state index contributed by atoms with van der Waals surface area (Å²) >= 11 is 0. The lowest BCUT2D eigenvalue weighted by Gasteiger charge is -2.42. The lowest BCUT2D eigenvalue weighted by Crippen LogP contribution is -2.60. The van der Waals surface area contributed by atoms with Crippen LogP contribution in [0.15, 0.2) is 23.5 Å². The molecular formula is C17H24O10. The van der Waals surface area contributed by atoms with E-state index in [0.29, 0.717) is 17.6 Å². The Labute approximate surface area is 155 Å². The summed E-state index contributed by atoms with van der Waals surface area (Å²) < 4.78 is 21.3. The molecule has 27 heavy (non-hydrogen) atoms. The molecule has 8 atom stereocenters. The molecule has 1 saturated heterocycles. The van der Waals surface area contributed by atoms with Crippen LogP contribution in [-0.4, -0.2) is 88.8 Å². The molecule has 0 radical (unpaired) electrons. The summed E-state index contributed by atoms with van der Waals surface area (Å²) in [5, 5.41) is 48.8. The van der Waals surface area contributed by atoms with Gasteiger partial charge in [0.1, 0.15) is 24.4 Å². The van der Waals surface area contributed by atoms with Crippen LogP contribution in [0.2, 0.25) is 0 Å². The maximum absolute atomic E-state index is 12.0. The third-order valence-electron chi connectivity index (χ3n) is 5.24. The standard InChI is InChI=1S/C17H24O10/c1-24-15(23)9-6-25-16(11-7(4-18)2-3-8(9)11)27-17-14(22)13(21)12(20)10(5-19)26-17/h2,6,8,10-14,16-22H,3-5H2,1H3/t8-,10-,11-,12-,13+,14-,16-,17+/m1/s1. The summed E-state index contributed by atoms with van der Waals surface area (Å²) in [7, 11) is 1.25. The number of hydrogen-bond donors (Lipinski definition) is 5. The molecule has 0 unspecified atom stereocenters. The molecule has 0 aromatic carbocycles. The number of ether oxygens (including phenoxy) is 4. The highest BCUT2D eigenvalue weighted by atomic mass is 16.8. The van der Waals surface area contributed by atoms with Crippen molar-refractivity contribution in [1.29, 1.82) is 0 Å². The zero-order chi connectivity index (χ0) is 19.7. The third kappa shape index (κ3) is 3.61. The largest absolute Gasteiger partial charge is 0.471 e. The molecule has 2 heterocycles. The van der Waals surface area contributed by atoms with E-state index in [1.165, 1.54) is 13.4 Å². The van der Waals surface area contributed by atoms with Crippen LogP contribution in [0.25, 0.3) is 0 Å². The van der Waals surface area contributed by atoms with Crippen molar-refractivity contribution in [2.45, 2.75) is 43.4 Å². The van der Waals surface area contributed by atoms with Gasteiger partial charge in [-0.15, -0.1) is 0 Å². The first-order valence-electron chi connectivity index (χ1n) is 8.62. The van der Waals surface area contributed by atoms with Gasteiger partial charge in [-0.25, -0.2) is 4.79 Å². The summed E-state index contributed by atoms with van der Waals surface area (Å²) in [4.78, 5) is 12.0. The molecule has 1 aliphatic carbocycles. The molecule has 0 aromatic rings. The molecule has 3 rings (SSSR count). The van der Waals surface area contributed by atoms with Gasteiger partial charge in [0.05, 0.1) is 38.1 Å². The number of hydrogen-bond acceptors (Lipinski definition) is 10. The molecule has 10 heteroatoms. The molecule has 0 saturated carbocycles. The number of aliphatic hydroxyl groups is 5. The van der Waals surface area contributed by atoms with E-state index in [4.69, 9.17) is 18.9 Å². The molecule has 0 amide bonds. The fourth-order valence-corrected chi connectivity index (χ4v) is 3.73. The van der Waals surface area contributed by atoms with Gasteiger partial charge in [-0.1, -0.05) is 6.08 Å². The van der Waals surface area contributed by atoms with Crippen molar-refractivity contribution in [3.8, 4) is 0 Å². The average molecular weight is 388 g/mol. The predicted molar refractivity (Wildman–Crippen MR) is 86.6 cm³/mol. The smallest absolute Gasteiger partial charge is 0.337 e. The molecular weight excluding hydrogens is 364 g/mol. The Hall–Kier alpha value is -1.53. The Morgan fingerprint density at radius 3 is 2.56 bits per heavy atom. The third-order valence-corrected chi connectivity index (χ3v) is 5.24. The maximum atomic E-state index is 12.0. The zero-order valence-electron chi connectivity index (χ0n) is 14.7. The van der Waals surface area contributed by atoms with Crippen molar-refractivity contribution in [2.75, 3.05) is 20.3 Å². The second kappa shape index (κ2) is 8.23. The van der Waals surface area contributed by atoms with Gasteiger partial charge in [0, 0.05) is 5.92 Å². The number of carbonyl (C=O) groups is 1. The number of esters is 1. The SMILES string of the molecule is COC(=O)C1=CO[C@H](O[C@@H]2O[C@H](CO)[C@@H](O)[C@H](O)[C@H]2O)[C@@H]2C(CO)=CC[C@H]12. The molecule has 0 aromatic heterocycles. The highest BCUT2D eigenvalue weighted by Gasteiger charge is 2.49. The maximum Gasteiger partial charge on any atom is 0.337 e. The second-order valence-corrected chi connectivity index (χ2v) is 6.71. The zero-order valence-corrected chi connectivity index (χ0v) is 14.7. The predicted octanol–water partition coefficient (Wildman–Crippen LogP) is -2.23. The van der Waals surface area contributed by atoms with E-state index in [9.17, 15) is 30.3 Å². The molecule has 0 spiro atoms. The lowest BCUT2D eigenvalue weighted by molar-refractivity contribution is -0.339. The van der Waals surface area contributed by atoms with E-state index in [0.717, 1.165) is 0 Å². The first-order valence-corrected chi connectivity index (χ1v) is 8.62. The molecule has 2 aliphatic heterocycles. The van der Waals surface area contributed by atoms with Crippen molar-refractivity contribution >= 4 is 5.97 Å². The summed E-state index contributed by atoms with van der Waals surface area (Å²) in [6, 6.07) is 0. The quantitative estimate of drug-likeness (QED) is 0.258. The average Bonchev–Trinajstić information content (AvgIpc) is 3.12. The van der Waals surface area contributed by atoms with Crippen LogP contribution in [0.3, 0.4) is 0 Å². The van der Waals surface area contributed by atoms with E-state index >= 15 is 0 Å². The summed E-state index contributed by atoms with van der Waals surface area (Å²) in [6.45, 7) is -0.857. The van der Waals surface area contributed by atoms with Crippen LogP contribution in [0.4, 0.5) is 0 Å². The highest BCUT2D eigenvalue weighted by Crippen LogP contribution is 2.44. The van der Waals surface area contributed by atoms with Gasteiger partial charge in [0.2, 0.25) is 6.29 Å². The van der Waals surface area contributed by atoms with Gasteiger partial charge >= 0.3 is 5.97 Å². The van der Waals surface area contributed by atoms with Crippen LogP contribution in [0, 0.1) is 11.8 Å². The second-order valence-electron chi connectivity index (χ2n) is 6.71. The van der Waals surface area contributed by atoms with Crippen LogP contribution in [0.5, 0.6) is 0 Å². The van der Waals surface area contributed by atoms with E-state index in [-0.39, 0.29) is 12.5 Å². The first-order chi connectivity index (χ1) is 12.9. The molecule has 10 nitrogen and oxygen atoms in total. The van der Waals surface area contributed by atoms with Crippen LogP contribution in [-0.2, 0) is 23.7 Å². The monoisotopic (exact) mass is 388 g/mol. The fourth-order valence-electron chi connectivity index (χ4n) is 3.73. The van der Waals surface area contributed by atoms with Gasteiger partial charge in [0.25, 0.3) is 0 Å². The molecule has 3 aliphatic rings. The van der Waals surface area contributed by atoms with Gasteiger partial charge < -0.3 is 44.5 Å². The van der Waals surface area contributed by atoms with E-state index < -0.39 is 55.5 Å². The number of aliphatic hydroxyl groups excluding tert-OH is 5. The summed E-state index contributed by atoms with van der Waals surface area (Å²) in [5.41, 5.74) is 0.903. The minimum Gasteiger partial charge on any atom is -0.471 e. The van der Waals surface area contributed by atoms with Crippen LogP contribution < -0.4 is 0 Å². The number of allylic oxidation sites excluding steroid dienone is 1. The minimum absolute atomic E-state index is 0.270. The van der Waals surface area contributed by atoms with Crippen molar-refractivity contribution in [3.05, 3.63) is 23.5 Å². The molecule has 1 fully saturated rings. The lowest BCUT2D eigenvalue weighted by atomic mass is 9.83. The Balaban J connectivity index is 1.80. The van der Waals surface area contributed by atoms with Gasteiger partial charge in [-0.2, -0.15) is 0 Å². The van der Waals surface area contributed by atoms with Gasteiger partial charge in [-0.05, 0) is 12.0 Å². The summed E-state index contributed by atoms with van der Waals surface area (Å²) in [6.07, 6.45) is -4.73. The number of rotatable bonds is 5. The van der Waals surface area contributed by atoms with Crippen LogP contribution >= 0.6 is 0 Å². The van der Waals surface area contributed by atoms with Crippen molar-refractivity contribution in [2.24, 2.45) is 11.8 Å². The molecule has 152 valence electrons. The Morgan fingerprint density at radius 2 is 1.93 bits per heavy atom. The van der Waals surface area contributed by atoms with Gasteiger partial charge in [0.15, 0.2) is 6.29 Å². The van der Waals surface area contributed by atoms with Crippen molar-refractivity contribution < 1.29 is 49.3 Å². The minimum atomic E-state index is -1.59. The summed E-state index contributed by atoms with van der Waals surface area (Å²) in [5.74, 6) is -1.42. The van der Waals surface area contributed by atoms with E-state index in [1.807, 2.05) is 0 Å². The highest BCUT2D eigenvalue weighted by molar-refractivity contribution is 5.89. The number of methoxy groups -OCH3 is 1. The first kappa shape index (κ1) is 20.2. The van der Waals surface area contributed by atoms with Crippen LogP contribution in [0.1, 0.15) is 6.42 Å². The Bertz CT molecular complexity index is 615. The fraction of sp³-hybridized carbons (Fsp3) is 0.706. The molecule has 0 bridgehead atoms. The van der Waals surface area contributed by atoms with E-state index in [1.54, 1.807) is 6.08 Å². The number of fused-ring (bicyclic) bond motifs is 1. The van der Waals surface area contributed by atoms with Crippen molar-refractivity contribution in [3.63, 3.8) is 0 Å². The molecule has 5 N–H and O–H groups in total. The normalized spacial score (nSPS) is 41.3.